The van der Waals surface area contributed by atoms with E-state index in [0.717, 1.165) is 12.3 Å². The zero-order valence-electron chi connectivity index (χ0n) is 16.2. The second kappa shape index (κ2) is 6.45. The molecular weight excluding hydrogens is 354 g/mol. The normalized spacial score (nSPS) is 26.8. The Hall–Kier alpha value is -2.66. The van der Waals surface area contributed by atoms with E-state index >= 15 is 0 Å². The standard InChI is InChI=1S/C21H23N.C2H2O4/c1-3-21-18-10-6-4-8-16(18)20(2,22(21)14-15-12-13-15)17-9-5-7-11-19(17)21;3-1(4)2(5)6/h4-11,15H,3,12-14H2,1-2H3;(H,3,4)(H,5,6). The molecule has 1 aliphatic carbocycles. The van der Waals surface area contributed by atoms with Gasteiger partial charge in [-0.15, -0.1) is 0 Å². The van der Waals surface area contributed by atoms with Crippen molar-refractivity contribution in [1.29, 1.82) is 0 Å². The fraction of sp³-hybridized carbons (Fsp3) is 0.391. The molecule has 2 aromatic carbocycles. The van der Waals surface area contributed by atoms with Crippen LogP contribution in [-0.4, -0.2) is 33.6 Å². The Labute approximate surface area is 164 Å². The zero-order valence-corrected chi connectivity index (χ0v) is 16.2. The van der Waals surface area contributed by atoms with Crippen LogP contribution < -0.4 is 0 Å². The summed E-state index contributed by atoms with van der Waals surface area (Å²) in [7, 11) is 0. The van der Waals surface area contributed by atoms with Gasteiger partial charge in [0.2, 0.25) is 0 Å². The molecule has 5 rings (SSSR count). The predicted octanol–water partition coefficient (Wildman–Crippen LogP) is 3.80. The maximum Gasteiger partial charge on any atom is 0.414 e. The lowest BCUT2D eigenvalue weighted by molar-refractivity contribution is -0.159. The number of aliphatic carboxylic acids is 2. The predicted molar refractivity (Wildman–Crippen MR) is 105 cm³/mol. The van der Waals surface area contributed by atoms with Crippen LogP contribution >= 0.6 is 0 Å². The highest BCUT2D eigenvalue weighted by molar-refractivity contribution is 6.27. The number of hydrogen-bond donors (Lipinski definition) is 2. The minimum absolute atomic E-state index is 0.0613. The Morgan fingerprint density at radius 1 is 0.929 bits per heavy atom. The molecule has 5 nitrogen and oxygen atoms in total. The first-order valence-corrected chi connectivity index (χ1v) is 9.81. The lowest BCUT2D eigenvalue weighted by Gasteiger charge is -2.38. The first-order chi connectivity index (χ1) is 13.4. The first kappa shape index (κ1) is 18.7. The van der Waals surface area contributed by atoms with Crippen LogP contribution in [0, 0.1) is 5.92 Å². The van der Waals surface area contributed by atoms with Crippen molar-refractivity contribution in [3.8, 4) is 0 Å². The molecule has 2 bridgehead atoms. The molecule has 0 amide bonds. The van der Waals surface area contributed by atoms with Gasteiger partial charge in [0.05, 0.1) is 11.1 Å². The quantitative estimate of drug-likeness (QED) is 0.793. The van der Waals surface area contributed by atoms with Gasteiger partial charge in [0, 0.05) is 6.54 Å². The van der Waals surface area contributed by atoms with Crippen molar-refractivity contribution in [1.82, 2.24) is 4.90 Å². The van der Waals surface area contributed by atoms with Crippen LogP contribution in [0.25, 0.3) is 0 Å². The SMILES string of the molecule is CCC12c3ccccc3C(C)(c3ccccc31)N2CC1CC1.O=C(O)C(=O)O. The molecule has 5 heteroatoms. The Morgan fingerprint density at radius 2 is 1.36 bits per heavy atom. The molecular formula is C23H25NO4. The summed E-state index contributed by atoms with van der Waals surface area (Å²) in [5, 5.41) is 14.8. The summed E-state index contributed by atoms with van der Waals surface area (Å²) < 4.78 is 0. The maximum absolute atomic E-state index is 9.10. The van der Waals surface area contributed by atoms with E-state index in [1.54, 1.807) is 11.1 Å². The van der Waals surface area contributed by atoms with Gasteiger partial charge in [0.1, 0.15) is 0 Å². The van der Waals surface area contributed by atoms with Crippen LogP contribution in [0.15, 0.2) is 48.5 Å². The summed E-state index contributed by atoms with van der Waals surface area (Å²) in [5.74, 6) is -2.74. The van der Waals surface area contributed by atoms with Gasteiger partial charge in [-0.1, -0.05) is 55.5 Å². The molecule has 2 aliphatic heterocycles. The minimum Gasteiger partial charge on any atom is -0.473 e. The van der Waals surface area contributed by atoms with Gasteiger partial charge in [0.15, 0.2) is 0 Å². The van der Waals surface area contributed by atoms with E-state index < -0.39 is 11.9 Å². The highest BCUT2D eigenvalue weighted by atomic mass is 16.4. The van der Waals surface area contributed by atoms with Gasteiger partial charge in [-0.2, -0.15) is 0 Å². The fourth-order valence-electron chi connectivity index (χ4n) is 5.26. The number of carboxylic acids is 2. The molecule has 0 unspecified atom stereocenters. The highest BCUT2D eigenvalue weighted by Gasteiger charge is 2.63. The van der Waals surface area contributed by atoms with Crippen molar-refractivity contribution in [2.24, 2.45) is 5.92 Å². The number of nitrogens with zero attached hydrogens (tertiary/aromatic N) is 1. The molecule has 3 aliphatic rings. The van der Waals surface area contributed by atoms with Crippen LogP contribution in [0.1, 0.15) is 55.4 Å². The maximum atomic E-state index is 9.10. The fourth-order valence-corrected chi connectivity index (χ4v) is 5.26. The molecule has 1 saturated carbocycles. The van der Waals surface area contributed by atoms with Crippen LogP contribution in [0.4, 0.5) is 0 Å². The molecule has 0 saturated heterocycles. The summed E-state index contributed by atoms with van der Waals surface area (Å²) in [5.41, 5.74) is 6.35. The molecule has 146 valence electrons. The number of benzene rings is 2. The molecule has 1 fully saturated rings. The van der Waals surface area contributed by atoms with Gasteiger partial charge >= 0.3 is 11.9 Å². The summed E-state index contributed by atoms with van der Waals surface area (Å²) in [4.78, 5) is 21.0. The summed E-state index contributed by atoms with van der Waals surface area (Å²) in [6, 6.07) is 18.3. The lowest BCUT2D eigenvalue weighted by Crippen LogP contribution is -2.45. The van der Waals surface area contributed by atoms with Crippen molar-refractivity contribution in [3.63, 3.8) is 0 Å². The molecule has 0 aromatic heterocycles. The Morgan fingerprint density at radius 3 is 1.71 bits per heavy atom. The number of carbonyl (C=O) groups is 2. The minimum atomic E-state index is -1.82. The number of rotatable bonds is 3. The van der Waals surface area contributed by atoms with Crippen molar-refractivity contribution in [2.75, 3.05) is 6.54 Å². The van der Waals surface area contributed by atoms with Crippen LogP contribution in [0.3, 0.4) is 0 Å². The van der Waals surface area contributed by atoms with Gasteiger partial charge in [-0.3, -0.25) is 4.90 Å². The molecule has 2 N–H and O–H groups in total. The van der Waals surface area contributed by atoms with Gasteiger partial charge < -0.3 is 10.2 Å². The molecule has 2 aromatic rings. The van der Waals surface area contributed by atoms with Crippen molar-refractivity contribution in [3.05, 3.63) is 70.8 Å². The number of hydrogen-bond acceptors (Lipinski definition) is 3. The molecule has 28 heavy (non-hydrogen) atoms. The van der Waals surface area contributed by atoms with E-state index in [-0.39, 0.29) is 11.1 Å². The first-order valence-electron chi connectivity index (χ1n) is 9.81. The van der Waals surface area contributed by atoms with Crippen LogP contribution in [-0.2, 0) is 20.7 Å². The number of fused-ring (bicyclic) bond motifs is 8. The zero-order chi connectivity index (χ0) is 20.1. The second-order valence-corrected chi connectivity index (χ2v) is 8.04. The van der Waals surface area contributed by atoms with Crippen LogP contribution in [0.2, 0.25) is 0 Å². The Kier molecular flexibility index (Phi) is 4.31. The average Bonchev–Trinajstić information content (AvgIpc) is 3.46. The topological polar surface area (TPSA) is 77.8 Å². The largest absolute Gasteiger partial charge is 0.473 e. The van der Waals surface area contributed by atoms with E-state index in [2.05, 4.69) is 67.3 Å². The lowest BCUT2D eigenvalue weighted by atomic mass is 9.72. The van der Waals surface area contributed by atoms with E-state index in [1.807, 2.05) is 0 Å². The van der Waals surface area contributed by atoms with Gasteiger partial charge in [0.25, 0.3) is 0 Å². The summed E-state index contributed by atoms with van der Waals surface area (Å²) in [6.45, 7) is 6.07. The monoisotopic (exact) mass is 379 g/mol. The van der Waals surface area contributed by atoms with E-state index in [4.69, 9.17) is 19.8 Å². The molecule has 0 radical (unpaired) electrons. The number of carboxylic acid groups (broad SMARTS) is 2. The molecule has 0 spiro atoms. The average molecular weight is 379 g/mol. The van der Waals surface area contributed by atoms with Gasteiger partial charge in [-0.25, -0.2) is 9.59 Å². The van der Waals surface area contributed by atoms with Gasteiger partial charge in [-0.05, 0) is 54.4 Å². The third kappa shape index (κ3) is 2.42. The van der Waals surface area contributed by atoms with Crippen LogP contribution in [0.5, 0.6) is 0 Å². The van der Waals surface area contributed by atoms with Crippen molar-refractivity contribution >= 4 is 11.9 Å². The summed E-state index contributed by atoms with van der Waals surface area (Å²) in [6.07, 6.45) is 3.99. The second-order valence-electron chi connectivity index (χ2n) is 8.04. The van der Waals surface area contributed by atoms with Crippen molar-refractivity contribution in [2.45, 2.75) is 44.2 Å². The van der Waals surface area contributed by atoms with E-state index in [1.165, 1.54) is 30.5 Å². The Balaban J connectivity index is 0.000000283. The third-order valence-electron chi connectivity index (χ3n) is 6.63. The highest BCUT2D eigenvalue weighted by Crippen LogP contribution is 2.64. The Bertz CT molecular complexity index is 888. The molecule has 2 heterocycles. The third-order valence-corrected chi connectivity index (χ3v) is 6.63. The van der Waals surface area contributed by atoms with Crippen molar-refractivity contribution < 1.29 is 19.8 Å². The summed E-state index contributed by atoms with van der Waals surface area (Å²) >= 11 is 0. The smallest absolute Gasteiger partial charge is 0.414 e. The van der Waals surface area contributed by atoms with E-state index in [9.17, 15) is 0 Å². The van der Waals surface area contributed by atoms with E-state index in [0.29, 0.717) is 0 Å². The molecule has 0 atom stereocenters.